The van der Waals surface area contributed by atoms with Gasteiger partial charge in [-0.15, -0.1) is 10.2 Å². The smallest absolute Gasteiger partial charge is 0.260 e. The summed E-state index contributed by atoms with van der Waals surface area (Å²) in [6.45, 7) is 4.77. The van der Waals surface area contributed by atoms with Gasteiger partial charge in [0.15, 0.2) is 12.4 Å². The zero-order valence-electron chi connectivity index (χ0n) is 17.5. The first kappa shape index (κ1) is 21.1. The van der Waals surface area contributed by atoms with Gasteiger partial charge in [0.25, 0.3) is 5.91 Å². The second-order valence-corrected chi connectivity index (χ2v) is 7.82. The molecule has 2 aromatic carbocycles. The quantitative estimate of drug-likeness (QED) is 0.582. The van der Waals surface area contributed by atoms with Crippen molar-refractivity contribution < 1.29 is 9.53 Å². The molecule has 0 N–H and O–H groups in total. The summed E-state index contributed by atoms with van der Waals surface area (Å²) >= 11 is 6.07. The van der Waals surface area contributed by atoms with Gasteiger partial charge in [-0.2, -0.15) is 0 Å². The number of anilines is 1. The van der Waals surface area contributed by atoms with E-state index in [1.54, 1.807) is 12.1 Å². The number of hydrogen-bond donors (Lipinski definition) is 0. The van der Waals surface area contributed by atoms with E-state index in [0.29, 0.717) is 37.0 Å². The molecule has 2 heterocycles. The highest BCUT2D eigenvalue weighted by atomic mass is 35.5. The van der Waals surface area contributed by atoms with E-state index in [1.165, 1.54) is 5.56 Å². The minimum Gasteiger partial charge on any atom is -0.482 e. The number of benzene rings is 2. The predicted molar refractivity (Wildman–Crippen MR) is 123 cm³/mol. The fraction of sp³-hybridized carbons (Fsp3) is 0.292. The molecule has 1 aromatic heterocycles. The maximum absolute atomic E-state index is 12.5. The lowest BCUT2D eigenvalue weighted by Crippen LogP contribution is -2.50. The summed E-state index contributed by atoms with van der Waals surface area (Å²) in [6.07, 6.45) is 1.02. The topological polar surface area (TPSA) is 58.6 Å². The molecule has 0 bridgehead atoms. The third-order valence-corrected chi connectivity index (χ3v) is 5.76. The Morgan fingerprint density at radius 3 is 2.35 bits per heavy atom. The number of amides is 1. The van der Waals surface area contributed by atoms with Crippen LogP contribution in [0.1, 0.15) is 12.5 Å². The van der Waals surface area contributed by atoms with Crippen LogP contribution in [0.15, 0.2) is 60.7 Å². The molecule has 31 heavy (non-hydrogen) atoms. The molecule has 0 radical (unpaired) electrons. The average molecular weight is 437 g/mol. The first-order valence-corrected chi connectivity index (χ1v) is 10.8. The Morgan fingerprint density at radius 1 is 0.968 bits per heavy atom. The summed E-state index contributed by atoms with van der Waals surface area (Å²) in [6, 6.07) is 19.6. The molecule has 4 rings (SSSR count). The Labute approximate surface area is 187 Å². The van der Waals surface area contributed by atoms with Crippen LogP contribution in [-0.4, -0.2) is 53.8 Å². The Hall–Kier alpha value is -3.12. The molecular formula is C24H25ClN4O2. The van der Waals surface area contributed by atoms with Gasteiger partial charge in [0, 0.05) is 31.7 Å². The van der Waals surface area contributed by atoms with Crippen molar-refractivity contribution in [3.05, 3.63) is 71.2 Å². The number of carbonyl (C=O) groups is 1. The Morgan fingerprint density at radius 2 is 1.71 bits per heavy atom. The molecule has 1 aliphatic heterocycles. The van der Waals surface area contributed by atoms with Gasteiger partial charge in [-0.3, -0.25) is 4.79 Å². The Balaban J connectivity index is 1.30. The van der Waals surface area contributed by atoms with Gasteiger partial charge in [0.1, 0.15) is 5.75 Å². The summed E-state index contributed by atoms with van der Waals surface area (Å²) in [5.41, 5.74) is 3.22. The summed E-state index contributed by atoms with van der Waals surface area (Å²) < 4.78 is 5.57. The van der Waals surface area contributed by atoms with Crippen LogP contribution < -0.4 is 9.64 Å². The molecule has 0 aliphatic carbocycles. The number of nitrogens with zero attached hydrogens (tertiary/aromatic N) is 4. The second kappa shape index (κ2) is 9.79. The van der Waals surface area contributed by atoms with Crippen LogP contribution in [0.5, 0.6) is 5.75 Å². The van der Waals surface area contributed by atoms with Gasteiger partial charge in [0.2, 0.25) is 0 Å². The first-order chi connectivity index (χ1) is 15.1. The van der Waals surface area contributed by atoms with Crippen molar-refractivity contribution in [2.24, 2.45) is 0 Å². The molecule has 3 aromatic rings. The van der Waals surface area contributed by atoms with E-state index in [0.717, 1.165) is 23.5 Å². The van der Waals surface area contributed by atoms with Gasteiger partial charge >= 0.3 is 0 Å². The molecule has 1 fully saturated rings. The number of halogens is 1. The normalized spacial score (nSPS) is 13.9. The minimum absolute atomic E-state index is 0.0188. The SMILES string of the molecule is CCc1ccc(-c2ccc(N3CCN(C(=O)COc4ccccc4Cl)CC3)nn2)cc1. The highest BCUT2D eigenvalue weighted by Crippen LogP contribution is 2.23. The predicted octanol–water partition coefficient (Wildman–Crippen LogP) is 4.09. The van der Waals surface area contributed by atoms with E-state index >= 15 is 0 Å². The summed E-state index contributed by atoms with van der Waals surface area (Å²) in [5.74, 6) is 1.31. The fourth-order valence-electron chi connectivity index (χ4n) is 3.54. The van der Waals surface area contributed by atoms with E-state index in [1.807, 2.05) is 29.2 Å². The molecular weight excluding hydrogens is 412 g/mol. The van der Waals surface area contributed by atoms with E-state index in [-0.39, 0.29) is 12.5 Å². The van der Waals surface area contributed by atoms with Crippen molar-refractivity contribution in [1.29, 1.82) is 0 Å². The molecule has 0 saturated carbocycles. The van der Waals surface area contributed by atoms with Gasteiger partial charge in [-0.25, -0.2) is 0 Å². The molecule has 0 unspecified atom stereocenters. The van der Waals surface area contributed by atoms with Crippen molar-refractivity contribution >= 4 is 23.3 Å². The number of rotatable bonds is 6. The molecule has 6 nitrogen and oxygen atoms in total. The zero-order valence-corrected chi connectivity index (χ0v) is 18.3. The standard InChI is InChI=1S/C24H25ClN4O2/c1-2-18-7-9-19(10-8-18)21-11-12-23(27-26-21)28-13-15-29(16-14-28)24(30)17-31-22-6-4-3-5-20(22)25/h3-12H,2,13-17H2,1H3. The number of carbonyl (C=O) groups excluding carboxylic acids is 1. The second-order valence-electron chi connectivity index (χ2n) is 7.41. The van der Waals surface area contributed by atoms with Gasteiger partial charge in [-0.1, -0.05) is 54.9 Å². The highest BCUT2D eigenvalue weighted by molar-refractivity contribution is 6.32. The maximum atomic E-state index is 12.5. The lowest BCUT2D eigenvalue weighted by atomic mass is 10.1. The highest BCUT2D eigenvalue weighted by Gasteiger charge is 2.22. The number of aromatic nitrogens is 2. The molecule has 160 valence electrons. The average Bonchev–Trinajstić information content (AvgIpc) is 2.84. The van der Waals surface area contributed by atoms with Crippen LogP contribution in [-0.2, 0) is 11.2 Å². The van der Waals surface area contributed by atoms with E-state index < -0.39 is 0 Å². The molecule has 0 spiro atoms. The van der Waals surface area contributed by atoms with Crippen LogP contribution in [0.4, 0.5) is 5.82 Å². The largest absolute Gasteiger partial charge is 0.482 e. The van der Waals surface area contributed by atoms with Crippen molar-refractivity contribution in [2.75, 3.05) is 37.7 Å². The lowest BCUT2D eigenvalue weighted by molar-refractivity contribution is -0.133. The van der Waals surface area contributed by atoms with Crippen molar-refractivity contribution in [3.63, 3.8) is 0 Å². The number of hydrogen-bond acceptors (Lipinski definition) is 5. The van der Waals surface area contributed by atoms with Crippen molar-refractivity contribution in [3.8, 4) is 17.0 Å². The number of aryl methyl sites for hydroxylation is 1. The zero-order chi connectivity index (χ0) is 21.6. The molecule has 0 atom stereocenters. The van der Waals surface area contributed by atoms with Crippen LogP contribution >= 0.6 is 11.6 Å². The molecule has 1 aliphatic rings. The van der Waals surface area contributed by atoms with Crippen LogP contribution in [0.25, 0.3) is 11.3 Å². The third-order valence-electron chi connectivity index (χ3n) is 5.45. The minimum atomic E-state index is -0.0449. The third kappa shape index (κ3) is 5.14. The van der Waals surface area contributed by atoms with Gasteiger partial charge in [-0.05, 0) is 36.2 Å². The summed E-state index contributed by atoms with van der Waals surface area (Å²) in [7, 11) is 0. The van der Waals surface area contributed by atoms with E-state index in [4.69, 9.17) is 16.3 Å². The van der Waals surface area contributed by atoms with E-state index in [9.17, 15) is 4.79 Å². The molecule has 1 saturated heterocycles. The number of para-hydroxylation sites is 1. The van der Waals surface area contributed by atoms with Crippen LogP contribution in [0.2, 0.25) is 5.02 Å². The van der Waals surface area contributed by atoms with Gasteiger partial charge < -0.3 is 14.5 Å². The monoisotopic (exact) mass is 436 g/mol. The van der Waals surface area contributed by atoms with Gasteiger partial charge in [0.05, 0.1) is 10.7 Å². The van der Waals surface area contributed by atoms with Crippen LogP contribution in [0.3, 0.4) is 0 Å². The number of ether oxygens (including phenoxy) is 1. The van der Waals surface area contributed by atoms with Crippen molar-refractivity contribution in [2.45, 2.75) is 13.3 Å². The van der Waals surface area contributed by atoms with Crippen LogP contribution in [0, 0.1) is 0 Å². The van der Waals surface area contributed by atoms with E-state index in [2.05, 4.69) is 46.3 Å². The number of piperazine rings is 1. The lowest BCUT2D eigenvalue weighted by Gasteiger charge is -2.35. The summed E-state index contributed by atoms with van der Waals surface area (Å²) in [4.78, 5) is 16.4. The molecule has 7 heteroatoms. The first-order valence-electron chi connectivity index (χ1n) is 10.5. The maximum Gasteiger partial charge on any atom is 0.260 e. The van der Waals surface area contributed by atoms with Crippen molar-refractivity contribution in [1.82, 2.24) is 15.1 Å². The summed E-state index contributed by atoms with van der Waals surface area (Å²) in [5, 5.41) is 9.31. The molecule has 1 amide bonds. The Bertz CT molecular complexity index is 1020. The Kier molecular flexibility index (Phi) is 6.67. The fourth-order valence-corrected chi connectivity index (χ4v) is 3.73.